The number of hydrogen-bond donors (Lipinski definition) is 2. The predicted octanol–water partition coefficient (Wildman–Crippen LogP) is 0.649. The van der Waals surface area contributed by atoms with Gasteiger partial charge < -0.3 is 10.4 Å². The Bertz CT molecular complexity index is 176. The van der Waals surface area contributed by atoms with Crippen molar-refractivity contribution in [2.24, 2.45) is 5.92 Å². The maximum absolute atomic E-state index is 8.81. The highest BCUT2D eigenvalue weighted by molar-refractivity contribution is 4.97. The number of hydrogen-bond acceptors (Lipinski definition) is 3. The molecule has 3 heteroatoms. The summed E-state index contributed by atoms with van der Waals surface area (Å²) in [5.74, 6) is 0.152. The van der Waals surface area contributed by atoms with E-state index in [1.54, 1.807) is 0 Å². The summed E-state index contributed by atoms with van der Waals surface area (Å²) in [7, 11) is 0. The smallest absolute Gasteiger partial charge is 0.0672 e. The van der Waals surface area contributed by atoms with Gasteiger partial charge >= 0.3 is 0 Å². The summed E-state index contributed by atoms with van der Waals surface area (Å²) < 4.78 is 0. The molecule has 1 saturated carbocycles. The summed E-state index contributed by atoms with van der Waals surface area (Å²) in [5, 5.41) is 20.8. The van der Waals surface area contributed by atoms with Gasteiger partial charge in [-0.2, -0.15) is 5.26 Å². The molecule has 0 bridgehead atoms. The second kappa shape index (κ2) is 4.44. The van der Waals surface area contributed by atoms with E-state index in [1.165, 1.54) is 0 Å². The lowest BCUT2D eigenvalue weighted by Gasteiger charge is -2.19. The average Bonchev–Trinajstić information content (AvgIpc) is 2.51. The summed E-state index contributed by atoms with van der Waals surface area (Å²) in [6.45, 7) is 2.08. The van der Waals surface area contributed by atoms with Crippen LogP contribution in [0.3, 0.4) is 0 Å². The number of aliphatic hydroxyl groups excluding tert-OH is 1. The van der Waals surface area contributed by atoms with Crippen LogP contribution < -0.4 is 5.32 Å². The summed E-state index contributed by atoms with van der Waals surface area (Å²) in [6.07, 6.45) is 3.21. The van der Waals surface area contributed by atoms with Crippen molar-refractivity contribution in [3.8, 4) is 6.07 Å². The fourth-order valence-electron chi connectivity index (χ4n) is 1.73. The summed E-state index contributed by atoms with van der Waals surface area (Å²) in [4.78, 5) is 0. The first-order chi connectivity index (χ1) is 5.77. The first-order valence-corrected chi connectivity index (χ1v) is 4.54. The van der Waals surface area contributed by atoms with Crippen molar-refractivity contribution in [3.63, 3.8) is 0 Å². The number of nitrogens with one attached hydrogen (secondary N) is 1. The average molecular weight is 168 g/mol. The Hall–Kier alpha value is -0.590. The number of nitriles is 1. The zero-order valence-corrected chi connectivity index (χ0v) is 7.45. The van der Waals surface area contributed by atoms with Crippen LogP contribution in [0.25, 0.3) is 0 Å². The van der Waals surface area contributed by atoms with Gasteiger partial charge in [-0.15, -0.1) is 0 Å². The van der Waals surface area contributed by atoms with Crippen molar-refractivity contribution < 1.29 is 5.11 Å². The lowest BCUT2D eigenvalue weighted by atomic mass is 10.1. The van der Waals surface area contributed by atoms with Crippen molar-refractivity contribution in [2.75, 3.05) is 6.61 Å². The van der Waals surface area contributed by atoms with Crippen LogP contribution >= 0.6 is 0 Å². The van der Waals surface area contributed by atoms with E-state index in [4.69, 9.17) is 10.4 Å². The van der Waals surface area contributed by atoms with Gasteiger partial charge in [0, 0.05) is 12.1 Å². The molecule has 3 unspecified atom stereocenters. The zero-order chi connectivity index (χ0) is 8.97. The molecular formula is C9H16N2O. The molecule has 1 rings (SSSR count). The van der Waals surface area contributed by atoms with E-state index >= 15 is 0 Å². The summed E-state index contributed by atoms with van der Waals surface area (Å²) in [6, 6.07) is 2.72. The van der Waals surface area contributed by atoms with Gasteiger partial charge in [-0.05, 0) is 19.8 Å². The minimum atomic E-state index is 0.115. The molecule has 0 amide bonds. The fraction of sp³-hybridized carbons (Fsp3) is 0.889. The Balaban J connectivity index is 2.36. The van der Waals surface area contributed by atoms with Gasteiger partial charge in [0.1, 0.15) is 0 Å². The molecule has 3 atom stereocenters. The number of rotatable bonds is 3. The maximum atomic E-state index is 8.81. The van der Waals surface area contributed by atoms with Crippen molar-refractivity contribution in [3.05, 3.63) is 0 Å². The molecule has 0 radical (unpaired) electrons. The van der Waals surface area contributed by atoms with Crippen LogP contribution in [0.15, 0.2) is 0 Å². The molecule has 68 valence electrons. The third-order valence-corrected chi connectivity index (χ3v) is 2.45. The van der Waals surface area contributed by atoms with Crippen LogP contribution in [0, 0.1) is 17.2 Å². The van der Waals surface area contributed by atoms with Gasteiger partial charge in [-0.3, -0.25) is 0 Å². The van der Waals surface area contributed by atoms with E-state index in [0.717, 1.165) is 19.3 Å². The molecule has 0 heterocycles. The van der Waals surface area contributed by atoms with Gasteiger partial charge in [0.05, 0.1) is 18.6 Å². The Morgan fingerprint density at radius 1 is 1.67 bits per heavy atom. The lowest BCUT2D eigenvalue weighted by Crippen LogP contribution is -2.40. The third kappa shape index (κ3) is 2.20. The van der Waals surface area contributed by atoms with Crippen LogP contribution in [0.2, 0.25) is 0 Å². The zero-order valence-electron chi connectivity index (χ0n) is 7.45. The molecule has 1 aliphatic carbocycles. The molecule has 3 nitrogen and oxygen atoms in total. The van der Waals surface area contributed by atoms with Gasteiger partial charge in [0.2, 0.25) is 0 Å². The first kappa shape index (κ1) is 9.50. The van der Waals surface area contributed by atoms with E-state index in [9.17, 15) is 0 Å². The Morgan fingerprint density at radius 3 is 3.00 bits per heavy atom. The molecular weight excluding hydrogens is 152 g/mol. The quantitative estimate of drug-likeness (QED) is 0.650. The highest BCUT2D eigenvalue weighted by Gasteiger charge is 2.27. The number of aliphatic hydroxyl groups is 1. The van der Waals surface area contributed by atoms with E-state index in [2.05, 4.69) is 11.4 Å². The maximum Gasteiger partial charge on any atom is 0.0672 e. The molecule has 1 fully saturated rings. The molecule has 1 aliphatic rings. The summed E-state index contributed by atoms with van der Waals surface area (Å²) >= 11 is 0. The van der Waals surface area contributed by atoms with Crippen LogP contribution in [0.5, 0.6) is 0 Å². The van der Waals surface area contributed by atoms with Crippen LogP contribution in [-0.2, 0) is 0 Å². The van der Waals surface area contributed by atoms with Crippen LogP contribution in [-0.4, -0.2) is 23.8 Å². The van der Waals surface area contributed by atoms with Crippen LogP contribution in [0.4, 0.5) is 0 Å². The molecule has 0 aromatic heterocycles. The normalized spacial score (nSPS) is 31.4. The highest BCUT2D eigenvalue weighted by atomic mass is 16.3. The number of nitrogens with zero attached hydrogens (tertiary/aromatic N) is 1. The Labute approximate surface area is 73.4 Å². The molecule has 0 aromatic carbocycles. The van der Waals surface area contributed by atoms with Crippen molar-refractivity contribution in [1.82, 2.24) is 5.32 Å². The highest BCUT2D eigenvalue weighted by Crippen LogP contribution is 2.24. The minimum absolute atomic E-state index is 0.115. The van der Waals surface area contributed by atoms with Gasteiger partial charge in [-0.1, -0.05) is 6.42 Å². The Kier molecular flexibility index (Phi) is 3.51. The van der Waals surface area contributed by atoms with E-state index in [-0.39, 0.29) is 18.6 Å². The second-order valence-corrected chi connectivity index (χ2v) is 3.52. The SMILES string of the molecule is CC(CO)NC1CCCC1C#N. The summed E-state index contributed by atoms with van der Waals surface area (Å²) in [5.41, 5.74) is 0. The lowest BCUT2D eigenvalue weighted by molar-refractivity contribution is 0.236. The van der Waals surface area contributed by atoms with Crippen LogP contribution in [0.1, 0.15) is 26.2 Å². The molecule has 2 N–H and O–H groups in total. The fourth-order valence-corrected chi connectivity index (χ4v) is 1.73. The second-order valence-electron chi connectivity index (χ2n) is 3.52. The molecule has 0 aliphatic heterocycles. The van der Waals surface area contributed by atoms with E-state index in [0.29, 0.717) is 6.04 Å². The molecule has 0 saturated heterocycles. The molecule has 0 aromatic rings. The van der Waals surface area contributed by atoms with Gasteiger partial charge in [0.15, 0.2) is 0 Å². The van der Waals surface area contributed by atoms with E-state index < -0.39 is 0 Å². The molecule has 0 spiro atoms. The largest absolute Gasteiger partial charge is 0.395 e. The Morgan fingerprint density at radius 2 is 2.42 bits per heavy atom. The van der Waals surface area contributed by atoms with Gasteiger partial charge in [0.25, 0.3) is 0 Å². The van der Waals surface area contributed by atoms with E-state index in [1.807, 2.05) is 6.92 Å². The first-order valence-electron chi connectivity index (χ1n) is 4.54. The minimum Gasteiger partial charge on any atom is -0.395 e. The predicted molar refractivity (Wildman–Crippen MR) is 46.4 cm³/mol. The standard InChI is InChI=1S/C9H16N2O/c1-7(6-12)11-9-4-2-3-8(9)5-10/h7-9,11-12H,2-4,6H2,1H3. The monoisotopic (exact) mass is 168 g/mol. The van der Waals surface area contributed by atoms with Crippen molar-refractivity contribution in [1.29, 1.82) is 5.26 Å². The topological polar surface area (TPSA) is 56.0 Å². The van der Waals surface area contributed by atoms with Gasteiger partial charge in [-0.25, -0.2) is 0 Å². The van der Waals surface area contributed by atoms with Crippen molar-refractivity contribution in [2.45, 2.75) is 38.3 Å². The molecule has 12 heavy (non-hydrogen) atoms. The third-order valence-electron chi connectivity index (χ3n) is 2.45. The van der Waals surface area contributed by atoms with Crippen molar-refractivity contribution >= 4 is 0 Å².